The van der Waals surface area contributed by atoms with Crippen molar-refractivity contribution in [2.24, 2.45) is 0 Å². The molecule has 2 rings (SSSR count). The fourth-order valence-corrected chi connectivity index (χ4v) is 2.01. The van der Waals surface area contributed by atoms with Crippen molar-refractivity contribution in [3.63, 3.8) is 0 Å². The summed E-state index contributed by atoms with van der Waals surface area (Å²) < 4.78 is 0. The molecule has 1 atom stereocenters. The molecule has 0 aliphatic carbocycles. The summed E-state index contributed by atoms with van der Waals surface area (Å²) in [5, 5.41) is 2.52. The van der Waals surface area contributed by atoms with Gasteiger partial charge in [-0.25, -0.2) is 4.79 Å². The molecule has 1 saturated heterocycles. The number of halogens is 1. The highest BCUT2D eigenvalue weighted by molar-refractivity contribution is 6.31. The Morgan fingerprint density at radius 3 is 2.50 bits per heavy atom. The van der Waals surface area contributed by atoms with Crippen LogP contribution in [0.25, 0.3) is 0 Å². The summed E-state index contributed by atoms with van der Waals surface area (Å²) in [4.78, 5) is 35.9. The van der Waals surface area contributed by atoms with E-state index in [0.29, 0.717) is 10.5 Å². The number of hydrogen-bond acceptors (Lipinski definition) is 3. The largest absolute Gasteiger partial charge is 0.332 e. The summed E-state index contributed by atoms with van der Waals surface area (Å²) in [6, 6.07) is 8.00. The Morgan fingerprint density at radius 1 is 1.33 bits per heavy atom. The number of urea groups is 1. The summed E-state index contributed by atoms with van der Waals surface area (Å²) >= 11 is 5.38. The van der Waals surface area contributed by atoms with E-state index in [-0.39, 0.29) is 0 Å². The van der Waals surface area contributed by atoms with Crippen molar-refractivity contribution in [1.82, 2.24) is 10.2 Å². The first-order valence-electron chi connectivity index (χ1n) is 5.31. The lowest BCUT2D eigenvalue weighted by atomic mass is 9.92. The molecular weight excluding hydrogens is 256 g/mol. The molecule has 0 spiro atoms. The Hall–Kier alpha value is -1.88. The van der Waals surface area contributed by atoms with Gasteiger partial charge in [-0.3, -0.25) is 9.59 Å². The summed E-state index contributed by atoms with van der Waals surface area (Å²) in [6.45, 7) is 1.56. The topological polar surface area (TPSA) is 66.5 Å². The number of carbonyl (C=O) groups excluding carboxylic acids is 3. The monoisotopic (exact) mass is 266 g/mol. The number of hydrogen-bond donors (Lipinski definition) is 1. The van der Waals surface area contributed by atoms with E-state index in [9.17, 15) is 14.4 Å². The SMILES string of the molecule is CC1(c2ccccc2)NC(=O)N(C(=O)CCl)C1=O. The van der Waals surface area contributed by atoms with E-state index >= 15 is 0 Å². The summed E-state index contributed by atoms with van der Waals surface area (Å²) in [6.07, 6.45) is 0. The minimum atomic E-state index is -1.22. The van der Waals surface area contributed by atoms with Gasteiger partial charge in [0.2, 0.25) is 0 Å². The van der Waals surface area contributed by atoms with Crippen molar-refractivity contribution < 1.29 is 14.4 Å². The predicted molar refractivity (Wildman–Crippen MR) is 64.9 cm³/mol. The molecule has 18 heavy (non-hydrogen) atoms. The maximum absolute atomic E-state index is 12.2. The summed E-state index contributed by atoms with van der Waals surface area (Å²) in [5.41, 5.74) is -0.603. The minimum absolute atomic E-state index is 0.413. The lowest BCUT2D eigenvalue weighted by molar-refractivity contribution is -0.140. The average Bonchev–Trinajstić information content (AvgIpc) is 2.61. The van der Waals surface area contributed by atoms with Gasteiger partial charge in [0.25, 0.3) is 11.8 Å². The van der Waals surface area contributed by atoms with Gasteiger partial charge in [-0.05, 0) is 12.5 Å². The maximum atomic E-state index is 12.2. The molecule has 0 radical (unpaired) electrons. The second kappa shape index (κ2) is 4.42. The van der Waals surface area contributed by atoms with E-state index < -0.39 is 29.3 Å². The third-order valence-electron chi connectivity index (χ3n) is 2.91. The lowest BCUT2D eigenvalue weighted by Crippen LogP contribution is -2.42. The second-order valence-electron chi connectivity index (χ2n) is 4.09. The van der Waals surface area contributed by atoms with Crippen LogP contribution in [0.5, 0.6) is 0 Å². The zero-order valence-corrected chi connectivity index (χ0v) is 10.4. The van der Waals surface area contributed by atoms with E-state index in [2.05, 4.69) is 5.32 Å². The number of amides is 4. The molecule has 4 amide bonds. The highest BCUT2D eigenvalue weighted by Gasteiger charge is 2.51. The van der Waals surface area contributed by atoms with Crippen LogP contribution >= 0.6 is 11.6 Å². The van der Waals surface area contributed by atoms with E-state index in [1.54, 1.807) is 37.3 Å². The van der Waals surface area contributed by atoms with Crippen molar-refractivity contribution in [2.45, 2.75) is 12.5 Å². The Kier molecular flexibility index (Phi) is 3.09. The van der Waals surface area contributed by atoms with Crippen LogP contribution in [-0.2, 0) is 15.1 Å². The molecule has 0 bridgehead atoms. The van der Waals surface area contributed by atoms with Gasteiger partial charge in [-0.15, -0.1) is 11.6 Å². The Labute approximate surface area is 109 Å². The van der Waals surface area contributed by atoms with Crippen LogP contribution < -0.4 is 5.32 Å². The molecule has 1 N–H and O–H groups in total. The first-order chi connectivity index (χ1) is 8.50. The quantitative estimate of drug-likeness (QED) is 0.646. The third kappa shape index (κ3) is 1.76. The van der Waals surface area contributed by atoms with Gasteiger partial charge in [0, 0.05) is 0 Å². The normalized spacial score (nSPS) is 23.1. The van der Waals surface area contributed by atoms with Gasteiger partial charge in [0.05, 0.1) is 0 Å². The maximum Gasteiger partial charge on any atom is 0.332 e. The zero-order chi connectivity index (χ0) is 13.3. The van der Waals surface area contributed by atoms with E-state index in [1.165, 1.54) is 0 Å². The van der Waals surface area contributed by atoms with Gasteiger partial charge in [0.15, 0.2) is 0 Å². The number of alkyl halides is 1. The van der Waals surface area contributed by atoms with Crippen LogP contribution in [0.4, 0.5) is 4.79 Å². The van der Waals surface area contributed by atoms with Gasteiger partial charge in [-0.1, -0.05) is 30.3 Å². The van der Waals surface area contributed by atoms with Crippen LogP contribution in [0.2, 0.25) is 0 Å². The van der Waals surface area contributed by atoms with Gasteiger partial charge < -0.3 is 5.32 Å². The molecule has 1 aromatic rings. The van der Waals surface area contributed by atoms with Crippen LogP contribution in [0.15, 0.2) is 30.3 Å². The van der Waals surface area contributed by atoms with Crippen molar-refractivity contribution in [3.8, 4) is 0 Å². The van der Waals surface area contributed by atoms with Crippen LogP contribution in [0, 0.1) is 0 Å². The number of rotatable bonds is 2. The molecule has 5 nitrogen and oxygen atoms in total. The van der Waals surface area contributed by atoms with Crippen molar-refractivity contribution in [3.05, 3.63) is 35.9 Å². The summed E-state index contributed by atoms with van der Waals surface area (Å²) in [5.74, 6) is -1.74. The van der Waals surface area contributed by atoms with E-state index in [4.69, 9.17) is 11.6 Å². The summed E-state index contributed by atoms with van der Waals surface area (Å²) in [7, 11) is 0. The van der Waals surface area contributed by atoms with Crippen molar-refractivity contribution in [2.75, 3.05) is 5.88 Å². The molecule has 1 aromatic carbocycles. The third-order valence-corrected chi connectivity index (χ3v) is 3.13. The number of benzene rings is 1. The van der Waals surface area contributed by atoms with Crippen LogP contribution in [-0.4, -0.2) is 28.6 Å². The number of carbonyl (C=O) groups is 3. The fraction of sp³-hybridized carbons (Fsp3) is 0.250. The highest BCUT2D eigenvalue weighted by Crippen LogP contribution is 2.28. The van der Waals surface area contributed by atoms with Gasteiger partial charge in [0.1, 0.15) is 11.4 Å². The van der Waals surface area contributed by atoms with Gasteiger partial charge >= 0.3 is 6.03 Å². The Morgan fingerprint density at radius 2 is 1.94 bits per heavy atom. The lowest BCUT2D eigenvalue weighted by Gasteiger charge is -2.21. The molecule has 1 unspecified atom stereocenters. The van der Waals surface area contributed by atoms with Crippen LogP contribution in [0.3, 0.4) is 0 Å². The van der Waals surface area contributed by atoms with E-state index in [1.807, 2.05) is 0 Å². The average molecular weight is 267 g/mol. The minimum Gasteiger partial charge on any atom is -0.319 e. The first kappa shape index (κ1) is 12.6. The predicted octanol–water partition coefficient (Wildman–Crippen LogP) is 1.22. The molecule has 1 heterocycles. The molecule has 94 valence electrons. The standard InChI is InChI=1S/C12H11ClN2O3/c1-12(8-5-3-2-4-6-8)10(17)15(9(16)7-13)11(18)14-12/h2-6H,7H2,1H3,(H,14,18). The molecule has 6 heteroatoms. The van der Waals surface area contributed by atoms with Gasteiger partial charge in [-0.2, -0.15) is 4.90 Å². The smallest absolute Gasteiger partial charge is 0.319 e. The number of nitrogens with one attached hydrogen (secondary N) is 1. The number of nitrogens with zero attached hydrogens (tertiary/aromatic N) is 1. The molecule has 1 aliphatic heterocycles. The Balaban J connectivity index is 2.41. The zero-order valence-electron chi connectivity index (χ0n) is 9.64. The molecular formula is C12H11ClN2O3. The molecule has 1 aliphatic rings. The molecule has 0 aromatic heterocycles. The van der Waals surface area contributed by atoms with Crippen molar-refractivity contribution >= 4 is 29.4 Å². The van der Waals surface area contributed by atoms with Crippen LogP contribution in [0.1, 0.15) is 12.5 Å². The number of imide groups is 3. The highest BCUT2D eigenvalue weighted by atomic mass is 35.5. The first-order valence-corrected chi connectivity index (χ1v) is 5.85. The molecule has 1 fully saturated rings. The van der Waals surface area contributed by atoms with E-state index in [0.717, 1.165) is 0 Å². The van der Waals surface area contributed by atoms with Crippen molar-refractivity contribution in [1.29, 1.82) is 0 Å². The Bertz CT molecular complexity index is 517. The molecule has 0 saturated carbocycles. The fourth-order valence-electron chi connectivity index (χ4n) is 1.89. The second-order valence-corrected chi connectivity index (χ2v) is 4.36.